The SMILES string of the molecule is CCCCCCCCCCCCCCCC(=O)OC[C@@]1(O)[C@@H](OC(=O)CC(C)C)C=C2C(COC(C)=O)=CO[C@@H](OC(=O)CC(C)C)[C@@H]21. The largest absolute Gasteiger partial charge is 0.462 e. The second-order valence-corrected chi connectivity index (χ2v) is 14.3. The molecule has 0 fully saturated rings. The third-order valence-electron chi connectivity index (χ3n) is 8.72. The van der Waals surface area contributed by atoms with Crippen LogP contribution in [0.4, 0.5) is 0 Å². The van der Waals surface area contributed by atoms with Crippen molar-refractivity contribution in [3.8, 4) is 0 Å². The number of fused-ring (bicyclic) bond motifs is 1. The number of hydrogen-bond donors (Lipinski definition) is 1. The zero-order chi connectivity index (χ0) is 35.5. The Labute approximate surface area is 288 Å². The molecule has 0 spiro atoms. The van der Waals surface area contributed by atoms with E-state index in [1.54, 1.807) is 6.08 Å². The highest BCUT2D eigenvalue weighted by atomic mass is 16.7. The van der Waals surface area contributed by atoms with E-state index in [4.69, 9.17) is 23.7 Å². The van der Waals surface area contributed by atoms with E-state index in [1.807, 2.05) is 27.7 Å². The summed E-state index contributed by atoms with van der Waals surface area (Å²) in [5, 5.41) is 12.2. The summed E-state index contributed by atoms with van der Waals surface area (Å²) < 4.78 is 28.0. The first kappa shape index (κ1) is 41.3. The van der Waals surface area contributed by atoms with E-state index in [0.717, 1.165) is 19.3 Å². The van der Waals surface area contributed by atoms with Gasteiger partial charge in [-0.3, -0.25) is 19.2 Å². The van der Waals surface area contributed by atoms with Gasteiger partial charge in [0.25, 0.3) is 6.29 Å². The van der Waals surface area contributed by atoms with Crippen molar-refractivity contribution >= 4 is 23.9 Å². The molecular weight excluding hydrogens is 616 g/mol. The van der Waals surface area contributed by atoms with Crippen LogP contribution in [0.5, 0.6) is 0 Å². The molecule has 0 aromatic heterocycles. The zero-order valence-electron chi connectivity index (χ0n) is 30.4. The Morgan fingerprint density at radius 1 is 0.771 bits per heavy atom. The highest BCUT2D eigenvalue weighted by Gasteiger charge is 2.59. The molecule has 48 heavy (non-hydrogen) atoms. The van der Waals surface area contributed by atoms with Crippen LogP contribution in [-0.4, -0.2) is 60.2 Å². The first-order valence-corrected chi connectivity index (χ1v) is 18.3. The molecule has 1 aliphatic heterocycles. The minimum Gasteiger partial charge on any atom is -0.462 e. The topological polar surface area (TPSA) is 135 Å². The van der Waals surface area contributed by atoms with Crippen molar-refractivity contribution in [3.05, 3.63) is 23.5 Å². The number of aliphatic hydroxyl groups is 1. The first-order chi connectivity index (χ1) is 22.9. The van der Waals surface area contributed by atoms with Gasteiger partial charge >= 0.3 is 23.9 Å². The highest BCUT2D eigenvalue weighted by Crippen LogP contribution is 2.47. The number of esters is 4. The Morgan fingerprint density at radius 2 is 1.29 bits per heavy atom. The lowest BCUT2D eigenvalue weighted by Gasteiger charge is -2.40. The van der Waals surface area contributed by atoms with Crippen molar-refractivity contribution in [2.24, 2.45) is 17.8 Å². The van der Waals surface area contributed by atoms with E-state index in [0.29, 0.717) is 17.6 Å². The molecule has 10 nitrogen and oxygen atoms in total. The molecule has 0 aromatic carbocycles. The lowest BCUT2D eigenvalue weighted by molar-refractivity contribution is -0.217. The molecular formula is C38H62O10. The summed E-state index contributed by atoms with van der Waals surface area (Å²) in [6.07, 6.45) is 16.2. The molecule has 2 aliphatic rings. The standard InChI is InChI=1S/C38H62O10/c1-7-8-9-10-11-12-13-14-15-16-17-18-19-20-33(40)46-26-38(43)32(47-34(41)21-27(2)3)23-31-30(24-44-29(6)39)25-45-37(36(31)38)48-35(42)22-28(4)5/h23,25,27-28,32,36-37,43H,7-22,24,26H2,1-6H3/t32-,36+,37-,38+/m0/s1. The Morgan fingerprint density at radius 3 is 1.81 bits per heavy atom. The van der Waals surface area contributed by atoms with Gasteiger partial charge in [-0.25, -0.2) is 0 Å². The smallest absolute Gasteiger partial charge is 0.309 e. The number of carbonyl (C=O) groups excluding carboxylic acids is 4. The first-order valence-electron chi connectivity index (χ1n) is 18.3. The number of rotatable bonds is 24. The fraction of sp³-hybridized carbons (Fsp3) is 0.789. The third kappa shape index (κ3) is 14.7. The van der Waals surface area contributed by atoms with Gasteiger partial charge in [-0.15, -0.1) is 0 Å². The molecule has 0 aromatic rings. The zero-order valence-corrected chi connectivity index (χ0v) is 30.4. The molecule has 0 bridgehead atoms. The minimum atomic E-state index is -2.01. The van der Waals surface area contributed by atoms with Crippen LogP contribution in [-0.2, 0) is 42.9 Å². The quantitative estimate of drug-likeness (QED) is 0.0616. The summed E-state index contributed by atoms with van der Waals surface area (Å²) >= 11 is 0. The Hall–Kier alpha value is -2.88. The number of unbranched alkanes of at least 4 members (excludes halogenated alkanes) is 12. The molecule has 0 saturated heterocycles. The van der Waals surface area contributed by atoms with Crippen LogP contribution >= 0.6 is 0 Å². The fourth-order valence-electron chi connectivity index (χ4n) is 6.13. The third-order valence-corrected chi connectivity index (χ3v) is 8.72. The monoisotopic (exact) mass is 678 g/mol. The second-order valence-electron chi connectivity index (χ2n) is 14.3. The van der Waals surface area contributed by atoms with Crippen molar-refractivity contribution in [3.63, 3.8) is 0 Å². The average Bonchev–Trinajstić information content (AvgIpc) is 3.29. The number of carbonyl (C=O) groups is 4. The van der Waals surface area contributed by atoms with Gasteiger partial charge in [-0.2, -0.15) is 0 Å². The normalized spacial score (nSPS) is 21.6. The molecule has 274 valence electrons. The van der Waals surface area contributed by atoms with Crippen molar-refractivity contribution < 1.29 is 48.0 Å². The van der Waals surface area contributed by atoms with E-state index in [9.17, 15) is 24.3 Å². The van der Waals surface area contributed by atoms with Gasteiger partial charge in [0.05, 0.1) is 12.2 Å². The van der Waals surface area contributed by atoms with Gasteiger partial charge in [0.15, 0.2) is 11.7 Å². The van der Waals surface area contributed by atoms with Gasteiger partial charge in [-0.1, -0.05) is 112 Å². The molecule has 10 heteroatoms. The van der Waals surface area contributed by atoms with Crippen LogP contribution in [0.3, 0.4) is 0 Å². The number of ether oxygens (including phenoxy) is 5. The summed E-state index contributed by atoms with van der Waals surface area (Å²) in [7, 11) is 0. The van der Waals surface area contributed by atoms with Crippen LogP contribution in [0, 0.1) is 17.8 Å². The van der Waals surface area contributed by atoms with Crippen molar-refractivity contribution in [1.82, 2.24) is 0 Å². The van der Waals surface area contributed by atoms with E-state index in [2.05, 4.69) is 6.92 Å². The van der Waals surface area contributed by atoms with Crippen LogP contribution in [0.2, 0.25) is 0 Å². The Balaban J connectivity index is 2.02. The Kier molecular flexibility index (Phi) is 18.9. The van der Waals surface area contributed by atoms with Gasteiger partial charge in [-0.05, 0) is 29.9 Å². The highest BCUT2D eigenvalue weighted by molar-refractivity contribution is 5.72. The minimum absolute atomic E-state index is 0.00701. The van der Waals surface area contributed by atoms with E-state index >= 15 is 0 Å². The molecule has 4 atom stereocenters. The predicted octanol–water partition coefficient (Wildman–Crippen LogP) is 7.65. The van der Waals surface area contributed by atoms with Gasteiger partial charge < -0.3 is 28.8 Å². The fourth-order valence-corrected chi connectivity index (χ4v) is 6.13. The maximum Gasteiger partial charge on any atom is 0.309 e. The summed E-state index contributed by atoms with van der Waals surface area (Å²) in [4.78, 5) is 49.9. The molecule has 1 N–H and O–H groups in total. The van der Waals surface area contributed by atoms with Crippen LogP contribution < -0.4 is 0 Å². The summed E-state index contributed by atoms with van der Waals surface area (Å²) in [5.41, 5.74) is -1.17. The van der Waals surface area contributed by atoms with Crippen molar-refractivity contribution in [1.29, 1.82) is 0 Å². The lowest BCUT2D eigenvalue weighted by atomic mass is 9.82. The van der Waals surface area contributed by atoms with Gasteiger partial charge in [0.2, 0.25) is 0 Å². The maximum absolute atomic E-state index is 12.9. The van der Waals surface area contributed by atoms with E-state index < -0.39 is 54.4 Å². The van der Waals surface area contributed by atoms with Gasteiger partial charge in [0, 0.05) is 31.8 Å². The molecule has 1 heterocycles. The molecule has 1 aliphatic carbocycles. The molecule has 2 rings (SSSR count). The summed E-state index contributed by atoms with van der Waals surface area (Å²) in [5.74, 6) is -3.13. The van der Waals surface area contributed by atoms with E-state index in [1.165, 1.54) is 71.0 Å². The van der Waals surface area contributed by atoms with Crippen LogP contribution in [0.1, 0.15) is 144 Å². The predicted molar refractivity (Wildman–Crippen MR) is 182 cm³/mol. The molecule has 0 radical (unpaired) electrons. The Bertz CT molecular complexity index is 1080. The maximum atomic E-state index is 12.9. The lowest BCUT2D eigenvalue weighted by Crippen LogP contribution is -2.56. The summed E-state index contributed by atoms with van der Waals surface area (Å²) in [6, 6.07) is 0. The molecule has 0 unspecified atom stereocenters. The summed E-state index contributed by atoms with van der Waals surface area (Å²) in [6.45, 7) is 10.3. The van der Waals surface area contributed by atoms with Crippen molar-refractivity contribution in [2.45, 2.75) is 162 Å². The van der Waals surface area contributed by atoms with Crippen LogP contribution in [0.25, 0.3) is 0 Å². The molecule has 0 saturated carbocycles. The molecule has 0 amide bonds. The second kappa shape index (κ2) is 22.0. The van der Waals surface area contributed by atoms with E-state index in [-0.39, 0.29) is 37.7 Å². The van der Waals surface area contributed by atoms with Gasteiger partial charge in [0.1, 0.15) is 13.2 Å². The average molecular weight is 679 g/mol. The number of hydrogen-bond acceptors (Lipinski definition) is 10. The van der Waals surface area contributed by atoms with Crippen LogP contribution in [0.15, 0.2) is 23.5 Å². The van der Waals surface area contributed by atoms with Crippen molar-refractivity contribution in [2.75, 3.05) is 13.2 Å².